The molecular weight excluding hydrogens is 750 g/mol. The maximum atomic E-state index is 13.4. The molecule has 0 saturated heterocycles. The Morgan fingerprint density at radius 2 is 1.24 bits per heavy atom. The van der Waals surface area contributed by atoms with E-state index in [0.29, 0.717) is 28.3 Å². The van der Waals surface area contributed by atoms with E-state index in [-0.39, 0.29) is 81.5 Å². The van der Waals surface area contributed by atoms with E-state index in [2.05, 4.69) is 31.4 Å². The monoisotopic (exact) mass is 774 g/mol. The van der Waals surface area contributed by atoms with Gasteiger partial charge < -0.3 is 25.6 Å². The summed E-state index contributed by atoms with van der Waals surface area (Å²) in [6.45, 7) is 0. The van der Waals surface area contributed by atoms with Gasteiger partial charge in [0.25, 0.3) is 21.9 Å². The first-order valence-corrected chi connectivity index (χ1v) is 16.8. The zero-order valence-electron chi connectivity index (χ0n) is 29.0. The molecule has 18 heteroatoms. The van der Waals surface area contributed by atoms with Crippen LogP contribution in [0.1, 0.15) is 47.0 Å². The number of allylic oxidation sites excluding steroid dienone is 1. The number of nitrogens with zero attached hydrogens (tertiary/aromatic N) is 3. The van der Waals surface area contributed by atoms with Crippen molar-refractivity contribution in [1.82, 2.24) is 0 Å². The summed E-state index contributed by atoms with van der Waals surface area (Å²) in [7, 11) is -4.91. The number of benzene rings is 5. The fourth-order valence-electron chi connectivity index (χ4n) is 5.00. The number of hydrogen-bond donors (Lipinski definition) is 4. The number of fused-ring (bicyclic) bond motifs is 1. The first-order valence-electron chi connectivity index (χ1n) is 15.4. The van der Waals surface area contributed by atoms with Crippen molar-refractivity contribution in [2.45, 2.75) is 0 Å². The van der Waals surface area contributed by atoms with Gasteiger partial charge in [-0.05, 0) is 108 Å². The van der Waals surface area contributed by atoms with Crippen molar-refractivity contribution in [3.8, 4) is 5.75 Å². The molecule has 0 heterocycles. The standard InChI is InChI=1S/C37H26N6O9S.2Na/c44-31-17-15-28(20-30(31)37(48)49)42-40-25-8-6-22(7-9-25)36(47)38-24-10-12-26(13-11-24)41-43-33-32(53(50,51)52)19-23-18-27(14-16-29(23)34(33)45)39-35(46)21-4-2-1-3-5-21;;/h1-20,41,44H,(H,38,47)(H,39,46)(H,48,49)(H,50,51,52);;/q;2*+1/p-2. The maximum absolute atomic E-state index is 13.4. The number of carbonyl (C=O) groups is 4. The van der Waals surface area contributed by atoms with Crippen molar-refractivity contribution in [2.75, 3.05) is 16.1 Å². The van der Waals surface area contributed by atoms with E-state index in [4.69, 9.17) is 0 Å². The number of carboxylic acids is 1. The van der Waals surface area contributed by atoms with Crippen molar-refractivity contribution in [3.63, 3.8) is 0 Å². The zero-order valence-corrected chi connectivity index (χ0v) is 33.8. The summed E-state index contributed by atoms with van der Waals surface area (Å²) in [4.78, 5) is 49.1. The van der Waals surface area contributed by atoms with E-state index in [1.165, 1.54) is 72.8 Å². The molecule has 1 aliphatic carbocycles. The SMILES string of the molecule is O=C(Nc1ccc(NN=C2C(=O)c3ccc(NC(=O)c4ccccc4)cc3C=C2S(=O)(=O)O)cc1)c1ccc(N=Nc2ccc([O-])c(C(=O)[O-])c2)cc1.[Na+].[Na+]. The Morgan fingerprint density at radius 1 is 0.673 bits per heavy atom. The quantitative estimate of drug-likeness (QED) is 0.0581. The molecular formula is C37H24N6Na2O9S. The predicted octanol–water partition coefficient (Wildman–Crippen LogP) is -1.06. The summed E-state index contributed by atoms with van der Waals surface area (Å²) in [6, 6.07) is 28.2. The Kier molecular flexibility index (Phi) is 14.2. The average Bonchev–Trinajstić information content (AvgIpc) is 3.14. The average molecular weight is 775 g/mol. The summed E-state index contributed by atoms with van der Waals surface area (Å²) in [6.07, 6.45) is 1.08. The molecule has 0 fully saturated rings. The van der Waals surface area contributed by atoms with Crippen LogP contribution in [0.15, 0.2) is 135 Å². The molecule has 0 spiro atoms. The van der Waals surface area contributed by atoms with Gasteiger partial charge >= 0.3 is 59.1 Å². The number of hydrogen-bond acceptors (Lipinski definition) is 12. The van der Waals surface area contributed by atoms with E-state index in [1.807, 2.05) is 0 Å². The number of azo groups is 1. The fraction of sp³-hybridized carbons (Fsp3) is 0. The molecule has 6 rings (SSSR count). The molecule has 0 bridgehead atoms. The number of carboxylic acid groups (broad SMARTS) is 1. The number of aromatic carboxylic acids is 1. The number of nitrogens with one attached hydrogen (secondary N) is 3. The van der Waals surface area contributed by atoms with Gasteiger partial charge in [0.05, 0.1) is 23.0 Å². The minimum atomic E-state index is -4.91. The number of carbonyl (C=O) groups excluding carboxylic acids is 4. The second-order valence-corrected chi connectivity index (χ2v) is 12.6. The van der Waals surface area contributed by atoms with Crippen molar-refractivity contribution >= 4 is 73.9 Å². The van der Waals surface area contributed by atoms with Gasteiger partial charge in [-0.2, -0.15) is 23.7 Å². The number of Topliss-reactive ketones (excluding diaryl/α,β-unsaturated/α-hetero) is 1. The number of hydrazone groups is 1. The van der Waals surface area contributed by atoms with Crippen LogP contribution in [0.25, 0.3) is 6.08 Å². The zero-order chi connectivity index (χ0) is 37.7. The number of amides is 2. The number of rotatable bonds is 10. The Bertz CT molecular complexity index is 2490. The fourth-order valence-corrected chi connectivity index (χ4v) is 5.66. The first-order chi connectivity index (χ1) is 25.4. The minimum absolute atomic E-state index is 0. The molecule has 4 N–H and O–H groups in total. The normalized spacial score (nSPS) is 12.8. The van der Waals surface area contributed by atoms with Gasteiger partial charge in [0.2, 0.25) is 5.78 Å². The van der Waals surface area contributed by atoms with Crippen molar-refractivity contribution < 1.29 is 101 Å². The Hall–Kier alpha value is -5.30. The molecule has 0 unspecified atom stereocenters. The van der Waals surface area contributed by atoms with Crippen molar-refractivity contribution in [2.24, 2.45) is 15.3 Å². The van der Waals surface area contributed by atoms with Crippen LogP contribution in [0.2, 0.25) is 0 Å². The van der Waals surface area contributed by atoms with Gasteiger partial charge in [-0.15, -0.1) is 0 Å². The van der Waals surface area contributed by atoms with Gasteiger partial charge in [-0.1, -0.05) is 30.0 Å². The Balaban J connectivity index is 0.00000336. The molecule has 15 nitrogen and oxygen atoms in total. The van der Waals surface area contributed by atoms with Gasteiger partial charge in [0.1, 0.15) is 4.91 Å². The van der Waals surface area contributed by atoms with Crippen LogP contribution in [-0.2, 0) is 10.1 Å². The third kappa shape index (κ3) is 10.5. The molecule has 5 aromatic carbocycles. The van der Waals surface area contributed by atoms with E-state index in [1.54, 1.807) is 30.3 Å². The Morgan fingerprint density at radius 3 is 1.87 bits per heavy atom. The Labute approximate surface area is 357 Å². The number of anilines is 3. The third-order valence-electron chi connectivity index (χ3n) is 7.64. The van der Waals surface area contributed by atoms with Crippen LogP contribution >= 0.6 is 0 Å². The van der Waals surface area contributed by atoms with Gasteiger partial charge in [-0.25, -0.2) is 0 Å². The van der Waals surface area contributed by atoms with Crippen LogP contribution in [-0.4, -0.2) is 42.2 Å². The molecule has 0 atom stereocenters. The van der Waals surface area contributed by atoms with E-state index in [9.17, 15) is 42.4 Å². The van der Waals surface area contributed by atoms with Crippen LogP contribution < -0.4 is 85.4 Å². The van der Waals surface area contributed by atoms with Gasteiger partial charge in [0, 0.05) is 28.1 Å². The summed E-state index contributed by atoms with van der Waals surface area (Å²) < 4.78 is 34.6. The van der Waals surface area contributed by atoms with Crippen LogP contribution in [0.5, 0.6) is 5.75 Å². The molecule has 0 saturated carbocycles. The molecule has 0 aromatic heterocycles. The molecule has 55 heavy (non-hydrogen) atoms. The van der Waals surface area contributed by atoms with Crippen LogP contribution in [0.3, 0.4) is 0 Å². The summed E-state index contributed by atoms with van der Waals surface area (Å²) in [5, 5.41) is 39.9. The third-order valence-corrected chi connectivity index (χ3v) is 8.50. The predicted molar refractivity (Wildman–Crippen MR) is 191 cm³/mol. The van der Waals surface area contributed by atoms with Crippen LogP contribution in [0.4, 0.5) is 28.4 Å². The summed E-state index contributed by atoms with van der Waals surface area (Å²) in [5.74, 6) is -4.00. The summed E-state index contributed by atoms with van der Waals surface area (Å²) in [5.41, 5.74) is 3.88. The molecule has 2 amide bonds. The first kappa shape index (κ1) is 42.4. The van der Waals surface area contributed by atoms with Crippen molar-refractivity contribution in [3.05, 3.63) is 148 Å². The largest absolute Gasteiger partial charge is 1.00 e. The minimum Gasteiger partial charge on any atom is -0.872 e. The van der Waals surface area contributed by atoms with Gasteiger partial charge in [-0.3, -0.25) is 24.4 Å². The molecule has 5 aromatic rings. The number of ketones is 1. The second kappa shape index (κ2) is 18.4. The van der Waals surface area contributed by atoms with Crippen LogP contribution in [0, 0.1) is 0 Å². The molecule has 1 aliphatic rings. The van der Waals surface area contributed by atoms with Crippen molar-refractivity contribution in [1.29, 1.82) is 0 Å². The second-order valence-electron chi connectivity index (χ2n) is 11.3. The van der Waals surface area contributed by atoms with Gasteiger partial charge in [0.15, 0.2) is 5.71 Å². The van der Waals surface area contributed by atoms with E-state index >= 15 is 0 Å². The summed E-state index contributed by atoms with van der Waals surface area (Å²) >= 11 is 0. The van der Waals surface area contributed by atoms with E-state index in [0.717, 1.165) is 18.2 Å². The topological polar surface area (TPSA) is 242 Å². The smallest absolute Gasteiger partial charge is 0.872 e. The van der Waals surface area contributed by atoms with E-state index < -0.39 is 55.6 Å². The maximum Gasteiger partial charge on any atom is 1.00 e. The molecule has 264 valence electrons. The molecule has 0 aliphatic heterocycles. The molecule has 0 radical (unpaired) electrons.